The van der Waals surface area contributed by atoms with E-state index in [0.717, 1.165) is 15.2 Å². The zero-order valence-corrected chi connectivity index (χ0v) is 14.0. The number of aromatic nitrogens is 2. The molecule has 0 bridgehead atoms. The molecule has 114 valence electrons. The lowest BCUT2D eigenvalue weighted by Crippen LogP contribution is -2.46. The topological polar surface area (TPSA) is 75.1 Å². The number of rotatable bonds is 6. The van der Waals surface area contributed by atoms with Crippen LogP contribution in [0.25, 0.3) is 10.2 Å². The van der Waals surface area contributed by atoms with Crippen LogP contribution in [0, 0.1) is 6.92 Å². The van der Waals surface area contributed by atoms with Crippen molar-refractivity contribution in [3.8, 4) is 0 Å². The van der Waals surface area contributed by atoms with Gasteiger partial charge in [-0.2, -0.15) is 0 Å². The molecule has 2 N–H and O–H groups in total. The summed E-state index contributed by atoms with van der Waals surface area (Å²) in [7, 11) is 0. The van der Waals surface area contributed by atoms with Crippen LogP contribution < -0.4 is 5.32 Å². The number of thioether (sulfide) groups is 1. The molecule has 2 aromatic rings. The number of fused-ring (bicyclic) bond motifs is 1. The van der Waals surface area contributed by atoms with Crippen LogP contribution in [0.5, 0.6) is 0 Å². The van der Waals surface area contributed by atoms with Gasteiger partial charge in [0.2, 0.25) is 5.91 Å². The Bertz CT molecular complexity index is 640. The standard InChI is InChI=1S/C14H19N3O2S2/c1-9-6-10-12(15-8-16-13(10)21-9)20-5-4-11(19)17-14(2,3)7-18/h6,8,18H,4-5,7H2,1-3H3,(H,17,19). The van der Waals surface area contributed by atoms with Crippen LogP contribution in [0.4, 0.5) is 0 Å². The molecular weight excluding hydrogens is 306 g/mol. The zero-order chi connectivity index (χ0) is 15.5. The number of carbonyl (C=O) groups is 1. The minimum absolute atomic E-state index is 0.0617. The summed E-state index contributed by atoms with van der Waals surface area (Å²) in [5.41, 5.74) is -0.575. The Balaban J connectivity index is 1.92. The molecule has 0 saturated heterocycles. The van der Waals surface area contributed by atoms with Gasteiger partial charge in [-0.25, -0.2) is 9.97 Å². The second-order valence-electron chi connectivity index (χ2n) is 5.44. The summed E-state index contributed by atoms with van der Waals surface area (Å²) in [5.74, 6) is 0.585. The monoisotopic (exact) mass is 325 g/mol. The molecular formula is C14H19N3O2S2. The van der Waals surface area contributed by atoms with E-state index in [-0.39, 0.29) is 12.5 Å². The van der Waals surface area contributed by atoms with Gasteiger partial charge >= 0.3 is 0 Å². The molecule has 0 aliphatic heterocycles. The molecule has 0 saturated carbocycles. The first-order valence-corrected chi connectivity index (χ1v) is 8.47. The van der Waals surface area contributed by atoms with Gasteiger partial charge < -0.3 is 10.4 Å². The lowest BCUT2D eigenvalue weighted by atomic mass is 10.1. The largest absolute Gasteiger partial charge is 0.394 e. The van der Waals surface area contributed by atoms with E-state index in [0.29, 0.717) is 12.2 Å². The van der Waals surface area contributed by atoms with Gasteiger partial charge in [0, 0.05) is 22.4 Å². The van der Waals surface area contributed by atoms with Gasteiger partial charge in [-0.3, -0.25) is 4.79 Å². The smallest absolute Gasteiger partial charge is 0.221 e. The number of thiophene rings is 1. The Hall–Kier alpha value is -1.18. The number of aliphatic hydroxyl groups excluding tert-OH is 1. The predicted molar refractivity (Wildman–Crippen MR) is 86.8 cm³/mol. The highest BCUT2D eigenvalue weighted by atomic mass is 32.2. The molecule has 21 heavy (non-hydrogen) atoms. The number of nitrogens with one attached hydrogen (secondary N) is 1. The van der Waals surface area contributed by atoms with E-state index in [1.54, 1.807) is 43.3 Å². The van der Waals surface area contributed by atoms with Crippen molar-refractivity contribution < 1.29 is 9.90 Å². The van der Waals surface area contributed by atoms with Crippen LogP contribution in [0.3, 0.4) is 0 Å². The minimum Gasteiger partial charge on any atom is -0.394 e. The van der Waals surface area contributed by atoms with Gasteiger partial charge in [-0.15, -0.1) is 23.1 Å². The normalized spacial score (nSPS) is 11.8. The van der Waals surface area contributed by atoms with E-state index in [1.165, 1.54) is 4.88 Å². The van der Waals surface area contributed by atoms with Gasteiger partial charge in [0.15, 0.2) is 0 Å². The molecule has 5 nitrogen and oxygen atoms in total. The molecule has 0 aromatic carbocycles. The second-order valence-corrected chi connectivity index (χ2v) is 7.76. The summed E-state index contributed by atoms with van der Waals surface area (Å²) >= 11 is 3.20. The molecule has 2 aromatic heterocycles. The summed E-state index contributed by atoms with van der Waals surface area (Å²) in [6, 6.07) is 2.08. The van der Waals surface area contributed by atoms with Crippen molar-refractivity contribution in [1.82, 2.24) is 15.3 Å². The lowest BCUT2D eigenvalue weighted by Gasteiger charge is -2.23. The summed E-state index contributed by atoms with van der Waals surface area (Å²) < 4.78 is 0. The van der Waals surface area contributed by atoms with Crippen LogP contribution in [0.2, 0.25) is 0 Å². The van der Waals surface area contributed by atoms with Crippen LogP contribution in [-0.4, -0.2) is 38.9 Å². The Morgan fingerprint density at radius 2 is 2.24 bits per heavy atom. The summed E-state index contributed by atoms with van der Waals surface area (Å²) in [6.07, 6.45) is 1.96. The highest BCUT2D eigenvalue weighted by Gasteiger charge is 2.18. The molecule has 1 amide bonds. The quantitative estimate of drug-likeness (QED) is 0.630. The molecule has 0 radical (unpaired) electrons. The molecule has 0 fully saturated rings. The number of nitrogens with zero attached hydrogens (tertiary/aromatic N) is 2. The van der Waals surface area contributed by atoms with Crippen LogP contribution in [0.15, 0.2) is 17.4 Å². The highest BCUT2D eigenvalue weighted by molar-refractivity contribution is 7.99. The maximum Gasteiger partial charge on any atom is 0.221 e. The zero-order valence-electron chi connectivity index (χ0n) is 12.3. The Labute approximate surface area is 132 Å². The van der Waals surface area contributed by atoms with E-state index in [9.17, 15) is 4.79 Å². The van der Waals surface area contributed by atoms with E-state index < -0.39 is 5.54 Å². The summed E-state index contributed by atoms with van der Waals surface area (Å²) in [6.45, 7) is 5.55. The van der Waals surface area contributed by atoms with Crippen molar-refractivity contribution in [3.05, 3.63) is 17.3 Å². The fourth-order valence-corrected chi connectivity index (χ4v) is 3.61. The van der Waals surface area contributed by atoms with E-state index in [4.69, 9.17) is 5.11 Å². The van der Waals surface area contributed by atoms with Crippen molar-refractivity contribution in [2.24, 2.45) is 0 Å². The fraction of sp³-hybridized carbons (Fsp3) is 0.500. The minimum atomic E-state index is -0.575. The summed E-state index contributed by atoms with van der Waals surface area (Å²) in [4.78, 5) is 22.5. The van der Waals surface area contributed by atoms with Gasteiger partial charge in [0.1, 0.15) is 16.2 Å². The Kier molecular flexibility index (Phi) is 5.18. The fourth-order valence-electron chi connectivity index (χ4n) is 1.79. The van der Waals surface area contributed by atoms with Crippen LogP contribution in [0.1, 0.15) is 25.1 Å². The molecule has 7 heteroatoms. The number of hydrogen-bond donors (Lipinski definition) is 2. The molecule has 0 spiro atoms. The van der Waals surface area contributed by atoms with Crippen molar-refractivity contribution in [3.63, 3.8) is 0 Å². The van der Waals surface area contributed by atoms with Crippen molar-refractivity contribution in [2.45, 2.75) is 37.8 Å². The van der Waals surface area contributed by atoms with Gasteiger partial charge in [0.25, 0.3) is 0 Å². The van der Waals surface area contributed by atoms with Gasteiger partial charge in [-0.05, 0) is 26.8 Å². The SMILES string of the molecule is Cc1cc2c(SCCC(=O)NC(C)(C)CO)ncnc2s1. The molecule has 0 aliphatic carbocycles. The Morgan fingerprint density at radius 3 is 2.95 bits per heavy atom. The maximum absolute atomic E-state index is 11.8. The number of amides is 1. The first kappa shape index (κ1) is 16.2. The molecule has 2 rings (SSSR count). The van der Waals surface area contributed by atoms with Crippen LogP contribution >= 0.6 is 23.1 Å². The molecule has 0 aliphatic rings. The number of aliphatic hydroxyl groups is 1. The van der Waals surface area contributed by atoms with Crippen molar-refractivity contribution in [1.29, 1.82) is 0 Å². The number of carbonyl (C=O) groups excluding carboxylic acids is 1. The van der Waals surface area contributed by atoms with E-state index >= 15 is 0 Å². The first-order chi connectivity index (χ1) is 9.91. The third kappa shape index (κ3) is 4.39. The Morgan fingerprint density at radius 1 is 1.48 bits per heavy atom. The van der Waals surface area contributed by atoms with Crippen LogP contribution in [-0.2, 0) is 4.79 Å². The average molecular weight is 325 g/mol. The third-order valence-corrected chi connectivity index (χ3v) is 4.82. The molecule has 0 atom stereocenters. The molecule has 0 unspecified atom stereocenters. The number of hydrogen-bond acceptors (Lipinski definition) is 6. The first-order valence-electron chi connectivity index (χ1n) is 6.67. The molecule has 2 heterocycles. The van der Waals surface area contributed by atoms with Crippen molar-refractivity contribution in [2.75, 3.05) is 12.4 Å². The van der Waals surface area contributed by atoms with Gasteiger partial charge in [-0.1, -0.05) is 0 Å². The maximum atomic E-state index is 11.8. The highest BCUT2D eigenvalue weighted by Crippen LogP contribution is 2.30. The predicted octanol–water partition coefficient (Wildman–Crippen LogP) is 2.37. The van der Waals surface area contributed by atoms with E-state index in [1.807, 2.05) is 6.92 Å². The summed E-state index contributed by atoms with van der Waals surface area (Å²) in [5, 5.41) is 13.9. The second kappa shape index (κ2) is 6.72. The van der Waals surface area contributed by atoms with Gasteiger partial charge in [0.05, 0.1) is 12.1 Å². The third-order valence-electron chi connectivity index (χ3n) is 2.86. The lowest BCUT2D eigenvalue weighted by molar-refractivity contribution is -0.122. The average Bonchev–Trinajstić information content (AvgIpc) is 2.79. The van der Waals surface area contributed by atoms with E-state index in [2.05, 4.69) is 21.4 Å². The van der Waals surface area contributed by atoms with Crippen molar-refractivity contribution >= 4 is 39.2 Å². The number of aryl methyl sites for hydroxylation is 1.